The van der Waals surface area contributed by atoms with Crippen LogP contribution in [0, 0.1) is 0 Å². The monoisotopic (exact) mass is 344 g/mol. The van der Waals surface area contributed by atoms with Crippen molar-refractivity contribution in [1.29, 1.82) is 0 Å². The predicted octanol–water partition coefficient (Wildman–Crippen LogP) is 5.03. The minimum absolute atomic E-state index is 0.0452. The largest absolute Gasteiger partial charge is 0.324 e. The maximum absolute atomic E-state index is 12.7. The molecule has 0 aliphatic rings. The van der Waals surface area contributed by atoms with Crippen LogP contribution in [0.25, 0.3) is 11.1 Å². The highest BCUT2D eigenvalue weighted by molar-refractivity contribution is 5.98. The van der Waals surface area contributed by atoms with Gasteiger partial charge in [-0.1, -0.05) is 78.9 Å². The zero-order chi connectivity index (χ0) is 18.4. The van der Waals surface area contributed by atoms with Crippen molar-refractivity contribution in [2.45, 2.75) is 25.9 Å². The first-order valence-electron chi connectivity index (χ1n) is 8.91. The molecule has 0 heterocycles. The van der Waals surface area contributed by atoms with E-state index in [1.165, 1.54) is 0 Å². The Morgan fingerprint density at radius 1 is 0.769 bits per heavy atom. The Kier molecular flexibility index (Phi) is 5.82. The number of nitrogens with one attached hydrogen (secondary N) is 2. The summed E-state index contributed by atoms with van der Waals surface area (Å²) >= 11 is 0. The maximum atomic E-state index is 12.7. The fourth-order valence-electron chi connectivity index (χ4n) is 2.99. The van der Waals surface area contributed by atoms with Gasteiger partial charge < -0.3 is 5.32 Å². The van der Waals surface area contributed by atoms with Gasteiger partial charge in [-0.25, -0.2) is 0 Å². The SMILES string of the molecule is CC(NC(C)c1ccccc1)C(=O)Nc1ccccc1-c1ccccc1. The molecule has 0 spiro atoms. The molecule has 0 aliphatic heterocycles. The van der Waals surface area contributed by atoms with Crippen LogP contribution < -0.4 is 10.6 Å². The van der Waals surface area contributed by atoms with Gasteiger partial charge in [-0.05, 0) is 31.0 Å². The second-order valence-electron chi connectivity index (χ2n) is 6.42. The smallest absolute Gasteiger partial charge is 0.241 e. The molecule has 0 radical (unpaired) electrons. The van der Waals surface area contributed by atoms with Crippen molar-refractivity contribution in [1.82, 2.24) is 5.32 Å². The zero-order valence-electron chi connectivity index (χ0n) is 15.1. The van der Waals surface area contributed by atoms with Crippen molar-refractivity contribution in [3.8, 4) is 11.1 Å². The molecule has 3 aromatic rings. The van der Waals surface area contributed by atoms with Crippen molar-refractivity contribution in [3.05, 3.63) is 90.5 Å². The Labute approximate surface area is 155 Å². The minimum Gasteiger partial charge on any atom is -0.324 e. The lowest BCUT2D eigenvalue weighted by molar-refractivity contribution is -0.117. The molecule has 2 N–H and O–H groups in total. The van der Waals surface area contributed by atoms with E-state index in [1.54, 1.807) is 0 Å². The number of rotatable bonds is 6. The average Bonchev–Trinajstić information content (AvgIpc) is 2.69. The maximum Gasteiger partial charge on any atom is 0.241 e. The minimum atomic E-state index is -0.311. The highest BCUT2D eigenvalue weighted by atomic mass is 16.2. The molecule has 2 atom stereocenters. The topological polar surface area (TPSA) is 41.1 Å². The van der Waals surface area contributed by atoms with Crippen LogP contribution in [-0.4, -0.2) is 11.9 Å². The molecule has 0 saturated carbocycles. The first kappa shape index (κ1) is 17.9. The lowest BCUT2D eigenvalue weighted by Gasteiger charge is -2.21. The van der Waals surface area contributed by atoms with E-state index in [0.717, 1.165) is 22.4 Å². The van der Waals surface area contributed by atoms with Crippen LogP contribution in [0.2, 0.25) is 0 Å². The summed E-state index contributed by atoms with van der Waals surface area (Å²) in [6, 6.07) is 27.9. The van der Waals surface area contributed by atoms with Crippen molar-refractivity contribution in [3.63, 3.8) is 0 Å². The normalized spacial score (nSPS) is 13.0. The summed E-state index contributed by atoms with van der Waals surface area (Å²) in [5.41, 5.74) is 4.09. The van der Waals surface area contributed by atoms with Crippen LogP contribution >= 0.6 is 0 Å². The molecule has 3 rings (SSSR count). The summed E-state index contributed by atoms with van der Waals surface area (Å²) in [5.74, 6) is -0.0452. The van der Waals surface area contributed by atoms with Gasteiger partial charge in [-0.3, -0.25) is 10.1 Å². The summed E-state index contributed by atoms with van der Waals surface area (Å²) in [6.45, 7) is 3.96. The number of hydrogen-bond acceptors (Lipinski definition) is 2. The summed E-state index contributed by atoms with van der Waals surface area (Å²) in [6.07, 6.45) is 0. The molecule has 26 heavy (non-hydrogen) atoms. The fraction of sp³-hybridized carbons (Fsp3) is 0.174. The number of anilines is 1. The van der Waals surface area contributed by atoms with E-state index >= 15 is 0 Å². The molecular weight excluding hydrogens is 320 g/mol. The molecule has 3 aromatic carbocycles. The quantitative estimate of drug-likeness (QED) is 0.658. The van der Waals surface area contributed by atoms with Gasteiger partial charge in [0.2, 0.25) is 5.91 Å². The van der Waals surface area contributed by atoms with Gasteiger partial charge in [-0.15, -0.1) is 0 Å². The van der Waals surface area contributed by atoms with Gasteiger partial charge in [0.25, 0.3) is 0 Å². The molecule has 0 bridgehead atoms. The molecule has 0 fully saturated rings. The summed E-state index contributed by atoms with van der Waals surface area (Å²) in [4.78, 5) is 12.7. The molecule has 0 saturated heterocycles. The number of para-hydroxylation sites is 1. The third kappa shape index (κ3) is 4.38. The number of carbonyl (C=O) groups is 1. The molecule has 3 nitrogen and oxygen atoms in total. The Balaban J connectivity index is 1.70. The zero-order valence-corrected chi connectivity index (χ0v) is 15.1. The molecule has 0 aromatic heterocycles. The first-order chi connectivity index (χ1) is 12.6. The second kappa shape index (κ2) is 8.45. The van der Waals surface area contributed by atoms with Gasteiger partial charge in [0.05, 0.1) is 6.04 Å². The second-order valence-corrected chi connectivity index (χ2v) is 6.42. The molecule has 0 aliphatic carbocycles. The van der Waals surface area contributed by atoms with E-state index in [2.05, 4.69) is 29.7 Å². The molecular formula is C23H24N2O. The van der Waals surface area contributed by atoms with E-state index in [4.69, 9.17) is 0 Å². The third-order valence-electron chi connectivity index (χ3n) is 4.46. The van der Waals surface area contributed by atoms with Gasteiger partial charge in [-0.2, -0.15) is 0 Å². The predicted molar refractivity (Wildman–Crippen MR) is 108 cm³/mol. The standard InChI is InChI=1S/C23H24N2O/c1-17(19-11-5-3-6-12-19)24-18(2)23(26)25-22-16-10-9-15-21(22)20-13-7-4-8-14-20/h3-18,24H,1-2H3,(H,25,26). The van der Waals surface area contributed by atoms with Crippen LogP contribution in [0.3, 0.4) is 0 Å². The van der Waals surface area contributed by atoms with Crippen LogP contribution in [0.4, 0.5) is 5.69 Å². The van der Waals surface area contributed by atoms with Crippen LogP contribution in [-0.2, 0) is 4.79 Å². The van der Waals surface area contributed by atoms with E-state index < -0.39 is 0 Å². The number of amides is 1. The van der Waals surface area contributed by atoms with Crippen molar-refractivity contribution in [2.24, 2.45) is 0 Å². The summed E-state index contributed by atoms with van der Waals surface area (Å²) < 4.78 is 0. The van der Waals surface area contributed by atoms with Gasteiger partial charge in [0.1, 0.15) is 0 Å². The number of carbonyl (C=O) groups excluding carboxylic acids is 1. The number of benzene rings is 3. The first-order valence-corrected chi connectivity index (χ1v) is 8.91. The van der Waals surface area contributed by atoms with E-state index in [-0.39, 0.29) is 18.0 Å². The van der Waals surface area contributed by atoms with Gasteiger partial charge in [0.15, 0.2) is 0 Å². The van der Waals surface area contributed by atoms with Crippen molar-refractivity contribution >= 4 is 11.6 Å². The van der Waals surface area contributed by atoms with Gasteiger partial charge in [0, 0.05) is 17.3 Å². The summed E-state index contributed by atoms with van der Waals surface area (Å²) in [5, 5.41) is 6.43. The Morgan fingerprint density at radius 2 is 1.35 bits per heavy atom. The van der Waals surface area contributed by atoms with Crippen molar-refractivity contribution in [2.75, 3.05) is 5.32 Å². The molecule has 1 amide bonds. The Bertz CT molecular complexity index is 846. The van der Waals surface area contributed by atoms with Crippen molar-refractivity contribution < 1.29 is 4.79 Å². The average molecular weight is 344 g/mol. The lowest BCUT2D eigenvalue weighted by atomic mass is 10.0. The molecule has 132 valence electrons. The Morgan fingerprint density at radius 3 is 2.04 bits per heavy atom. The Hall–Kier alpha value is -2.91. The van der Waals surface area contributed by atoms with Crippen LogP contribution in [0.5, 0.6) is 0 Å². The number of hydrogen-bond donors (Lipinski definition) is 2. The summed E-state index contributed by atoms with van der Waals surface area (Å²) in [7, 11) is 0. The van der Waals surface area contributed by atoms with E-state index in [9.17, 15) is 4.79 Å². The highest BCUT2D eigenvalue weighted by Gasteiger charge is 2.17. The van der Waals surface area contributed by atoms with Crippen LogP contribution in [0.15, 0.2) is 84.9 Å². The third-order valence-corrected chi connectivity index (χ3v) is 4.46. The van der Waals surface area contributed by atoms with E-state index in [0.29, 0.717) is 0 Å². The lowest BCUT2D eigenvalue weighted by Crippen LogP contribution is -2.39. The fourth-order valence-corrected chi connectivity index (χ4v) is 2.99. The van der Waals surface area contributed by atoms with Gasteiger partial charge >= 0.3 is 0 Å². The van der Waals surface area contributed by atoms with Crippen LogP contribution in [0.1, 0.15) is 25.5 Å². The molecule has 2 unspecified atom stereocenters. The highest BCUT2D eigenvalue weighted by Crippen LogP contribution is 2.27. The van der Waals surface area contributed by atoms with E-state index in [1.807, 2.05) is 79.7 Å². The molecule has 3 heteroatoms.